The van der Waals surface area contributed by atoms with Gasteiger partial charge in [0.2, 0.25) is 0 Å². The van der Waals surface area contributed by atoms with Gasteiger partial charge in [0, 0.05) is 26.2 Å². The number of nitrogens with zero attached hydrogens (tertiary/aromatic N) is 1. The number of hydrogen-bond acceptors (Lipinski definition) is 3. The van der Waals surface area contributed by atoms with Crippen molar-refractivity contribution >= 4 is 11.9 Å². The number of ether oxygens (including phenoxy) is 1. The molecule has 0 radical (unpaired) electrons. The topological polar surface area (TPSA) is 74.8 Å². The van der Waals surface area contributed by atoms with Crippen molar-refractivity contribution in [1.82, 2.24) is 16.0 Å². The molecule has 2 aromatic carbocycles. The summed E-state index contributed by atoms with van der Waals surface area (Å²) in [5.74, 6) is 1.47. The summed E-state index contributed by atoms with van der Waals surface area (Å²) < 4.78 is 5.97. The van der Waals surface area contributed by atoms with Crippen LogP contribution in [-0.4, -0.2) is 38.6 Å². The summed E-state index contributed by atoms with van der Waals surface area (Å²) in [6.07, 6.45) is -0.0128. The molecule has 0 spiro atoms. The smallest absolute Gasteiger partial charge is 0.251 e. The fourth-order valence-corrected chi connectivity index (χ4v) is 2.56. The standard InChI is InChI=1S/C21H28N4O2/c1-15-8-5-6-11-19(15)27-16(2)13-24-21(23-4)25-14-17-9-7-10-18(12-17)20(26)22-3/h5-12,16H,13-14H2,1-4H3,(H,22,26)(H2,23,24,25). The number of carbonyl (C=O) groups is 1. The van der Waals surface area contributed by atoms with Gasteiger partial charge in [-0.25, -0.2) is 0 Å². The molecule has 0 aromatic heterocycles. The number of benzene rings is 2. The summed E-state index contributed by atoms with van der Waals surface area (Å²) in [6.45, 7) is 5.23. The van der Waals surface area contributed by atoms with Gasteiger partial charge in [-0.15, -0.1) is 0 Å². The molecule has 0 aliphatic heterocycles. The number of aryl methyl sites for hydroxylation is 1. The number of para-hydroxylation sites is 1. The van der Waals surface area contributed by atoms with Crippen LogP contribution in [0.2, 0.25) is 0 Å². The largest absolute Gasteiger partial charge is 0.489 e. The van der Waals surface area contributed by atoms with Crippen LogP contribution in [0.5, 0.6) is 5.75 Å². The summed E-state index contributed by atoms with van der Waals surface area (Å²) in [5, 5.41) is 9.15. The molecule has 0 aliphatic carbocycles. The zero-order chi connectivity index (χ0) is 19.6. The molecule has 0 fully saturated rings. The summed E-state index contributed by atoms with van der Waals surface area (Å²) in [6, 6.07) is 15.5. The second kappa shape index (κ2) is 10.2. The van der Waals surface area contributed by atoms with Crippen LogP contribution in [0.15, 0.2) is 53.5 Å². The van der Waals surface area contributed by atoms with E-state index in [1.807, 2.05) is 56.3 Å². The zero-order valence-corrected chi connectivity index (χ0v) is 16.4. The molecular weight excluding hydrogens is 340 g/mol. The Morgan fingerprint density at radius 3 is 2.63 bits per heavy atom. The lowest BCUT2D eigenvalue weighted by Gasteiger charge is -2.19. The van der Waals surface area contributed by atoms with E-state index < -0.39 is 0 Å². The Balaban J connectivity index is 1.84. The number of rotatable bonds is 7. The van der Waals surface area contributed by atoms with E-state index in [1.165, 1.54) is 0 Å². The van der Waals surface area contributed by atoms with Gasteiger partial charge >= 0.3 is 0 Å². The summed E-state index contributed by atoms with van der Waals surface area (Å²) in [4.78, 5) is 16.0. The lowest BCUT2D eigenvalue weighted by atomic mass is 10.1. The Bertz CT molecular complexity index is 789. The fourth-order valence-electron chi connectivity index (χ4n) is 2.56. The maximum absolute atomic E-state index is 11.7. The third kappa shape index (κ3) is 6.33. The first-order valence-corrected chi connectivity index (χ1v) is 9.01. The molecule has 1 amide bonds. The van der Waals surface area contributed by atoms with Crippen molar-refractivity contribution < 1.29 is 9.53 Å². The van der Waals surface area contributed by atoms with Crippen LogP contribution in [0.3, 0.4) is 0 Å². The fraction of sp³-hybridized carbons (Fsp3) is 0.333. The third-order valence-corrected chi connectivity index (χ3v) is 4.08. The van der Waals surface area contributed by atoms with E-state index in [2.05, 4.69) is 20.9 Å². The van der Waals surface area contributed by atoms with Crippen molar-refractivity contribution in [3.63, 3.8) is 0 Å². The van der Waals surface area contributed by atoms with Gasteiger partial charge in [0.05, 0.1) is 6.54 Å². The van der Waals surface area contributed by atoms with E-state index in [4.69, 9.17) is 4.74 Å². The maximum atomic E-state index is 11.7. The van der Waals surface area contributed by atoms with Crippen molar-refractivity contribution in [2.24, 2.45) is 4.99 Å². The number of amides is 1. The Labute approximate surface area is 161 Å². The van der Waals surface area contributed by atoms with E-state index in [-0.39, 0.29) is 12.0 Å². The molecular formula is C21H28N4O2. The van der Waals surface area contributed by atoms with Gasteiger partial charge in [0.15, 0.2) is 5.96 Å². The minimum atomic E-state index is -0.0958. The minimum absolute atomic E-state index is 0.0128. The summed E-state index contributed by atoms with van der Waals surface area (Å²) in [7, 11) is 3.35. The van der Waals surface area contributed by atoms with Gasteiger partial charge in [-0.3, -0.25) is 9.79 Å². The van der Waals surface area contributed by atoms with Crippen LogP contribution in [0.4, 0.5) is 0 Å². The number of nitrogens with one attached hydrogen (secondary N) is 3. The molecule has 1 unspecified atom stereocenters. The Morgan fingerprint density at radius 2 is 1.93 bits per heavy atom. The van der Waals surface area contributed by atoms with E-state index in [9.17, 15) is 4.79 Å². The molecule has 0 aliphatic rings. The van der Waals surface area contributed by atoms with Crippen molar-refractivity contribution in [2.75, 3.05) is 20.6 Å². The molecule has 0 heterocycles. The molecule has 6 heteroatoms. The molecule has 2 aromatic rings. The average molecular weight is 368 g/mol. The first kappa shape index (κ1) is 20.3. The van der Waals surface area contributed by atoms with Crippen LogP contribution < -0.4 is 20.7 Å². The monoisotopic (exact) mass is 368 g/mol. The number of hydrogen-bond donors (Lipinski definition) is 3. The highest BCUT2D eigenvalue weighted by Gasteiger charge is 2.08. The van der Waals surface area contributed by atoms with Crippen LogP contribution >= 0.6 is 0 Å². The number of guanidine groups is 1. The Morgan fingerprint density at radius 1 is 1.15 bits per heavy atom. The van der Waals surface area contributed by atoms with E-state index >= 15 is 0 Å². The quantitative estimate of drug-likeness (QED) is 0.518. The van der Waals surface area contributed by atoms with Gasteiger partial charge in [-0.2, -0.15) is 0 Å². The van der Waals surface area contributed by atoms with E-state index in [1.54, 1.807) is 20.2 Å². The maximum Gasteiger partial charge on any atom is 0.251 e. The van der Waals surface area contributed by atoms with Gasteiger partial charge in [0.25, 0.3) is 5.91 Å². The van der Waals surface area contributed by atoms with E-state index in [0.29, 0.717) is 24.6 Å². The first-order valence-electron chi connectivity index (χ1n) is 9.01. The predicted molar refractivity (Wildman–Crippen MR) is 109 cm³/mol. The predicted octanol–water partition coefficient (Wildman–Crippen LogP) is 2.49. The number of aliphatic imine (C=N–C) groups is 1. The van der Waals surface area contributed by atoms with Crippen LogP contribution in [0, 0.1) is 6.92 Å². The molecule has 3 N–H and O–H groups in total. The molecule has 0 saturated carbocycles. The molecule has 1 atom stereocenters. The van der Waals surface area contributed by atoms with Gasteiger partial charge in [-0.05, 0) is 43.2 Å². The Hall–Kier alpha value is -3.02. The van der Waals surface area contributed by atoms with Gasteiger partial charge in [0.1, 0.15) is 11.9 Å². The van der Waals surface area contributed by atoms with Crippen LogP contribution in [0.25, 0.3) is 0 Å². The zero-order valence-electron chi connectivity index (χ0n) is 16.4. The Kier molecular flexibility index (Phi) is 7.67. The molecule has 6 nitrogen and oxygen atoms in total. The molecule has 27 heavy (non-hydrogen) atoms. The van der Waals surface area contributed by atoms with Gasteiger partial charge in [-0.1, -0.05) is 30.3 Å². The average Bonchev–Trinajstić information content (AvgIpc) is 2.69. The van der Waals surface area contributed by atoms with Crippen LogP contribution in [0.1, 0.15) is 28.4 Å². The number of carbonyl (C=O) groups excluding carboxylic acids is 1. The molecule has 144 valence electrons. The van der Waals surface area contributed by atoms with Crippen molar-refractivity contribution in [3.05, 3.63) is 65.2 Å². The second-order valence-electron chi connectivity index (χ2n) is 6.28. The van der Waals surface area contributed by atoms with Crippen LogP contribution in [-0.2, 0) is 6.54 Å². The van der Waals surface area contributed by atoms with Gasteiger partial charge < -0.3 is 20.7 Å². The summed E-state index contributed by atoms with van der Waals surface area (Å²) >= 11 is 0. The highest BCUT2D eigenvalue weighted by atomic mass is 16.5. The highest BCUT2D eigenvalue weighted by Crippen LogP contribution is 2.17. The second-order valence-corrected chi connectivity index (χ2v) is 6.28. The SMILES string of the molecule is CN=C(NCc1cccc(C(=O)NC)c1)NCC(C)Oc1ccccc1C. The minimum Gasteiger partial charge on any atom is -0.489 e. The molecule has 0 saturated heterocycles. The van der Waals surface area contributed by atoms with Crippen molar-refractivity contribution in [1.29, 1.82) is 0 Å². The third-order valence-electron chi connectivity index (χ3n) is 4.08. The lowest BCUT2D eigenvalue weighted by Crippen LogP contribution is -2.41. The lowest BCUT2D eigenvalue weighted by molar-refractivity contribution is 0.0963. The van der Waals surface area contributed by atoms with E-state index in [0.717, 1.165) is 16.9 Å². The van der Waals surface area contributed by atoms with Crippen molar-refractivity contribution in [2.45, 2.75) is 26.5 Å². The summed E-state index contributed by atoms with van der Waals surface area (Å²) in [5.41, 5.74) is 2.76. The molecule has 2 rings (SSSR count). The molecule has 0 bridgehead atoms. The highest BCUT2D eigenvalue weighted by molar-refractivity contribution is 5.94. The van der Waals surface area contributed by atoms with Crippen molar-refractivity contribution in [3.8, 4) is 5.75 Å². The first-order chi connectivity index (χ1) is 13.0. The normalized spacial score (nSPS) is 12.2.